The number of nitrogens with one attached hydrogen (secondary N) is 2. The fraction of sp³-hybridized carbons (Fsp3) is 0.235. The molecule has 0 bridgehead atoms. The highest BCUT2D eigenvalue weighted by Crippen LogP contribution is 2.18. The smallest absolute Gasteiger partial charge is 0.255 e. The first-order valence-electron chi connectivity index (χ1n) is 7.50. The molecule has 0 saturated heterocycles. The van der Waals surface area contributed by atoms with E-state index < -0.39 is 15.9 Å². The molecule has 2 aromatic rings. The summed E-state index contributed by atoms with van der Waals surface area (Å²) in [6, 6.07) is 12.7. The average molecular weight is 364 g/mol. The Morgan fingerprint density at radius 3 is 2.56 bits per heavy atom. The maximum absolute atomic E-state index is 12.4. The minimum absolute atomic E-state index is 0.0156. The molecule has 0 radical (unpaired) electrons. The number of sulfonamides is 1. The Hall–Kier alpha value is -2.42. The van der Waals surface area contributed by atoms with Crippen molar-refractivity contribution in [1.82, 2.24) is 4.72 Å². The number of hydrogen-bond acceptors (Lipinski definition) is 5. The number of rotatable bonds is 8. The van der Waals surface area contributed by atoms with Crippen molar-refractivity contribution < 1.29 is 22.7 Å². The molecule has 7 nitrogen and oxygen atoms in total. The molecule has 2 rings (SSSR count). The van der Waals surface area contributed by atoms with Gasteiger partial charge in [-0.3, -0.25) is 4.79 Å². The number of hydrogen-bond donors (Lipinski definition) is 2. The Labute approximate surface area is 147 Å². The topological polar surface area (TPSA) is 93.7 Å². The third-order valence-corrected chi connectivity index (χ3v) is 4.79. The Morgan fingerprint density at radius 2 is 1.84 bits per heavy atom. The van der Waals surface area contributed by atoms with Crippen LogP contribution in [0.15, 0.2) is 53.4 Å². The molecule has 0 aliphatic heterocycles. The van der Waals surface area contributed by atoms with Gasteiger partial charge in [-0.05, 0) is 30.3 Å². The van der Waals surface area contributed by atoms with Crippen molar-refractivity contribution in [1.29, 1.82) is 0 Å². The van der Waals surface area contributed by atoms with E-state index in [9.17, 15) is 13.2 Å². The Kier molecular flexibility index (Phi) is 6.51. The lowest BCUT2D eigenvalue weighted by Gasteiger charge is -2.09. The van der Waals surface area contributed by atoms with Gasteiger partial charge in [-0.2, -0.15) is 0 Å². The average Bonchev–Trinajstić information content (AvgIpc) is 2.62. The van der Waals surface area contributed by atoms with Crippen LogP contribution in [0.1, 0.15) is 10.4 Å². The van der Waals surface area contributed by atoms with Crippen molar-refractivity contribution in [2.75, 3.05) is 32.7 Å². The summed E-state index contributed by atoms with van der Waals surface area (Å²) in [4.78, 5) is 12.4. The molecule has 134 valence electrons. The lowest BCUT2D eigenvalue weighted by atomic mass is 10.2. The second kappa shape index (κ2) is 8.61. The SMILES string of the molecule is COCCNS(=O)(=O)c1cccc(C(=O)Nc2cccc(OC)c2)c1. The van der Waals surface area contributed by atoms with Crippen LogP contribution in [0, 0.1) is 0 Å². The van der Waals surface area contributed by atoms with Gasteiger partial charge < -0.3 is 14.8 Å². The standard InChI is InChI=1S/C17H20N2O5S/c1-23-10-9-18-25(21,22)16-8-3-5-13(11-16)17(20)19-14-6-4-7-15(12-14)24-2/h3-8,11-12,18H,9-10H2,1-2H3,(H,19,20). The number of methoxy groups -OCH3 is 2. The molecule has 0 unspecified atom stereocenters. The van der Waals surface area contributed by atoms with Gasteiger partial charge in [-0.1, -0.05) is 12.1 Å². The molecular formula is C17H20N2O5S. The molecule has 0 fully saturated rings. The summed E-state index contributed by atoms with van der Waals surface area (Å²) in [5.41, 5.74) is 0.785. The molecule has 0 aliphatic rings. The van der Waals surface area contributed by atoms with Crippen LogP contribution in [-0.4, -0.2) is 41.7 Å². The minimum atomic E-state index is -3.70. The van der Waals surface area contributed by atoms with Gasteiger partial charge in [-0.25, -0.2) is 13.1 Å². The van der Waals surface area contributed by atoms with Crippen molar-refractivity contribution in [3.63, 3.8) is 0 Å². The van der Waals surface area contributed by atoms with Gasteiger partial charge in [-0.15, -0.1) is 0 Å². The molecule has 1 amide bonds. The molecule has 25 heavy (non-hydrogen) atoms. The van der Waals surface area contributed by atoms with Crippen LogP contribution in [0.25, 0.3) is 0 Å². The zero-order valence-electron chi connectivity index (χ0n) is 14.0. The van der Waals surface area contributed by atoms with Crippen molar-refractivity contribution in [3.05, 3.63) is 54.1 Å². The van der Waals surface area contributed by atoms with Crippen LogP contribution in [0.4, 0.5) is 5.69 Å². The predicted octanol–water partition coefficient (Wildman–Crippen LogP) is 1.87. The molecule has 2 aromatic carbocycles. The van der Waals surface area contributed by atoms with Crippen LogP contribution in [-0.2, 0) is 14.8 Å². The fourth-order valence-electron chi connectivity index (χ4n) is 2.07. The zero-order valence-corrected chi connectivity index (χ0v) is 14.8. The molecule has 0 spiro atoms. The number of benzene rings is 2. The first-order valence-corrected chi connectivity index (χ1v) is 8.98. The summed E-state index contributed by atoms with van der Waals surface area (Å²) in [5.74, 6) is 0.193. The molecule has 0 heterocycles. The monoisotopic (exact) mass is 364 g/mol. The first-order chi connectivity index (χ1) is 12.0. The van der Waals surface area contributed by atoms with Gasteiger partial charge in [0.05, 0.1) is 18.6 Å². The van der Waals surface area contributed by atoms with E-state index in [-0.39, 0.29) is 23.6 Å². The van der Waals surface area contributed by atoms with Crippen molar-refractivity contribution in [2.45, 2.75) is 4.90 Å². The summed E-state index contributed by atoms with van der Waals surface area (Å²) in [6.45, 7) is 0.411. The Balaban J connectivity index is 2.15. The highest BCUT2D eigenvalue weighted by Gasteiger charge is 2.16. The van der Waals surface area contributed by atoms with E-state index >= 15 is 0 Å². The highest BCUT2D eigenvalue weighted by atomic mass is 32.2. The van der Waals surface area contributed by atoms with E-state index in [1.54, 1.807) is 30.3 Å². The van der Waals surface area contributed by atoms with Crippen LogP contribution in [0.2, 0.25) is 0 Å². The molecule has 0 atom stereocenters. The van der Waals surface area contributed by atoms with Crippen molar-refractivity contribution in [2.24, 2.45) is 0 Å². The lowest BCUT2D eigenvalue weighted by Crippen LogP contribution is -2.27. The van der Waals surface area contributed by atoms with E-state index in [4.69, 9.17) is 9.47 Å². The van der Waals surface area contributed by atoms with Gasteiger partial charge in [0.2, 0.25) is 10.0 Å². The second-order valence-corrected chi connectivity index (χ2v) is 6.87. The second-order valence-electron chi connectivity index (χ2n) is 5.10. The molecule has 0 aromatic heterocycles. The summed E-state index contributed by atoms with van der Waals surface area (Å²) in [5, 5.41) is 2.71. The number of carbonyl (C=O) groups is 1. The largest absolute Gasteiger partial charge is 0.497 e. The van der Waals surface area contributed by atoms with Crippen LogP contribution >= 0.6 is 0 Å². The van der Waals surface area contributed by atoms with Gasteiger partial charge in [0.25, 0.3) is 5.91 Å². The maximum atomic E-state index is 12.4. The predicted molar refractivity (Wildman–Crippen MR) is 94.5 cm³/mol. The van der Waals surface area contributed by atoms with Crippen LogP contribution in [0.3, 0.4) is 0 Å². The van der Waals surface area contributed by atoms with E-state index in [1.807, 2.05) is 0 Å². The highest BCUT2D eigenvalue weighted by molar-refractivity contribution is 7.89. The lowest BCUT2D eigenvalue weighted by molar-refractivity contribution is 0.102. The van der Waals surface area contributed by atoms with E-state index in [0.717, 1.165) is 0 Å². The minimum Gasteiger partial charge on any atom is -0.497 e. The normalized spacial score (nSPS) is 11.1. The van der Waals surface area contributed by atoms with Crippen molar-refractivity contribution in [3.8, 4) is 5.75 Å². The molecular weight excluding hydrogens is 344 g/mol. The van der Waals surface area contributed by atoms with Crippen LogP contribution in [0.5, 0.6) is 5.75 Å². The van der Waals surface area contributed by atoms with Crippen LogP contribution < -0.4 is 14.8 Å². The van der Waals surface area contributed by atoms with Gasteiger partial charge in [0.15, 0.2) is 0 Å². The van der Waals surface area contributed by atoms with Gasteiger partial charge >= 0.3 is 0 Å². The third-order valence-electron chi connectivity index (χ3n) is 3.33. The maximum Gasteiger partial charge on any atom is 0.255 e. The van der Waals surface area contributed by atoms with E-state index in [1.165, 1.54) is 32.4 Å². The summed E-state index contributed by atoms with van der Waals surface area (Å²) in [7, 11) is -0.685. The number of ether oxygens (including phenoxy) is 2. The number of anilines is 1. The molecule has 8 heteroatoms. The Morgan fingerprint density at radius 1 is 1.08 bits per heavy atom. The van der Waals surface area contributed by atoms with E-state index in [0.29, 0.717) is 11.4 Å². The number of carbonyl (C=O) groups excluding carboxylic acids is 1. The van der Waals surface area contributed by atoms with Gasteiger partial charge in [0, 0.05) is 31.0 Å². The van der Waals surface area contributed by atoms with Gasteiger partial charge in [0.1, 0.15) is 5.75 Å². The molecule has 0 aliphatic carbocycles. The molecule has 0 saturated carbocycles. The third kappa shape index (κ3) is 5.28. The Bertz CT molecular complexity index is 836. The molecule has 2 N–H and O–H groups in total. The zero-order chi connectivity index (χ0) is 18.3. The summed E-state index contributed by atoms with van der Waals surface area (Å²) < 4.78 is 36.7. The number of amides is 1. The summed E-state index contributed by atoms with van der Waals surface area (Å²) >= 11 is 0. The first kappa shape index (κ1) is 18.9. The fourth-order valence-corrected chi connectivity index (χ4v) is 3.13. The van der Waals surface area contributed by atoms with E-state index in [2.05, 4.69) is 10.0 Å². The van der Waals surface area contributed by atoms with Crippen molar-refractivity contribution >= 4 is 21.6 Å². The quantitative estimate of drug-likeness (QED) is 0.698. The summed E-state index contributed by atoms with van der Waals surface area (Å²) in [6.07, 6.45) is 0.